The Morgan fingerprint density at radius 3 is 3.08 bits per heavy atom. The maximum absolute atomic E-state index is 5.44. The predicted octanol–water partition coefficient (Wildman–Crippen LogP) is 2.74. The third-order valence-corrected chi connectivity index (χ3v) is 3.57. The summed E-state index contributed by atoms with van der Waals surface area (Å²) < 4.78 is 5.44. The normalized spacial score (nSPS) is 28.9. The van der Waals surface area contributed by atoms with Crippen molar-refractivity contribution >= 4 is 11.8 Å². The molecule has 2 rings (SSSR count). The smallest absolute Gasteiger partial charge is 0.0836 e. The van der Waals surface area contributed by atoms with Gasteiger partial charge in [-0.3, -0.25) is 0 Å². The number of fused-ring (bicyclic) bond motifs is 1. The van der Waals surface area contributed by atoms with Crippen molar-refractivity contribution in [2.75, 3.05) is 12.9 Å². The van der Waals surface area contributed by atoms with E-state index in [0.717, 1.165) is 0 Å². The second-order valence-corrected chi connectivity index (χ2v) is 4.30. The van der Waals surface area contributed by atoms with E-state index in [1.807, 2.05) is 18.9 Å². The minimum atomic E-state index is 0.373. The maximum Gasteiger partial charge on any atom is 0.0836 e. The first kappa shape index (κ1) is 8.39. The van der Waals surface area contributed by atoms with Gasteiger partial charge in [-0.05, 0) is 24.8 Å². The van der Waals surface area contributed by atoms with Crippen molar-refractivity contribution in [2.24, 2.45) is 0 Å². The fraction of sp³-hybridized carbons (Fsp3) is 0.600. The van der Waals surface area contributed by atoms with Gasteiger partial charge in [0.2, 0.25) is 0 Å². The van der Waals surface area contributed by atoms with Crippen LogP contribution in [0.5, 0.6) is 0 Å². The van der Waals surface area contributed by atoms with Crippen molar-refractivity contribution in [2.45, 2.75) is 25.4 Å². The molecular formula is C10H14OS. The van der Waals surface area contributed by atoms with Gasteiger partial charge in [-0.1, -0.05) is 12.2 Å². The lowest BCUT2D eigenvalue weighted by molar-refractivity contribution is 0.130. The molecule has 12 heavy (non-hydrogen) atoms. The third kappa shape index (κ3) is 1.46. The lowest BCUT2D eigenvalue weighted by Gasteiger charge is -2.28. The molecule has 0 amide bonds. The van der Waals surface area contributed by atoms with Crippen LogP contribution in [0.15, 0.2) is 22.6 Å². The molecule has 0 radical (unpaired) electrons. The Hall–Kier alpha value is -0.210. The molecule has 0 saturated carbocycles. The molecular weight excluding hydrogens is 168 g/mol. The van der Waals surface area contributed by atoms with Gasteiger partial charge >= 0.3 is 0 Å². The second kappa shape index (κ2) is 3.67. The molecule has 1 heterocycles. The van der Waals surface area contributed by atoms with Crippen LogP contribution < -0.4 is 0 Å². The molecule has 1 atom stereocenters. The number of thioether (sulfide) groups is 1. The molecule has 1 unspecified atom stereocenters. The van der Waals surface area contributed by atoms with E-state index in [0.29, 0.717) is 6.10 Å². The molecule has 2 aliphatic rings. The van der Waals surface area contributed by atoms with E-state index < -0.39 is 0 Å². The highest BCUT2D eigenvalue weighted by Gasteiger charge is 2.23. The zero-order valence-electron chi connectivity index (χ0n) is 7.38. The quantitative estimate of drug-likeness (QED) is 0.616. The molecule has 1 aliphatic heterocycles. The van der Waals surface area contributed by atoms with E-state index in [2.05, 4.69) is 12.2 Å². The van der Waals surface area contributed by atoms with Crippen LogP contribution in [-0.4, -0.2) is 19.0 Å². The average Bonchev–Trinajstić information content (AvgIpc) is 2.17. The number of ether oxygens (including phenoxy) is 1. The molecule has 2 heteroatoms. The van der Waals surface area contributed by atoms with Crippen molar-refractivity contribution in [1.29, 1.82) is 0 Å². The Labute approximate surface area is 77.9 Å². The summed E-state index contributed by atoms with van der Waals surface area (Å²) in [6.45, 7) is 0. The van der Waals surface area contributed by atoms with Crippen LogP contribution in [0.1, 0.15) is 19.3 Å². The number of allylic oxidation sites excluding steroid dienone is 2. The summed E-state index contributed by atoms with van der Waals surface area (Å²) in [4.78, 5) is 1.47. The van der Waals surface area contributed by atoms with Crippen LogP contribution in [0, 0.1) is 0 Å². The van der Waals surface area contributed by atoms with Gasteiger partial charge in [-0.2, -0.15) is 0 Å². The highest BCUT2D eigenvalue weighted by atomic mass is 32.2. The molecule has 0 spiro atoms. The molecule has 0 N–H and O–H groups in total. The molecule has 1 fully saturated rings. The minimum absolute atomic E-state index is 0.373. The largest absolute Gasteiger partial charge is 0.377 e. The fourth-order valence-corrected chi connectivity index (χ4v) is 2.95. The molecule has 0 bridgehead atoms. The van der Waals surface area contributed by atoms with Gasteiger partial charge < -0.3 is 4.74 Å². The number of methoxy groups -OCH3 is 1. The van der Waals surface area contributed by atoms with E-state index >= 15 is 0 Å². The lowest BCUT2D eigenvalue weighted by Crippen LogP contribution is -2.20. The Balaban J connectivity index is 2.20. The SMILES string of the molecule is COC1CCSC2=CCCC=C21. The molecule has 1 nitrogen and oxygen atoms in total. The van der Waals surface area contributed by atoms with E-state index in [-0.39, 0.29) is 0 Å². The Kier molecular flexibility index (Phi) is 2.57. The predicted molar refractivity (Wildman–Crippen MR) is 53.3 cm³/mol. The first-order valence-electron chi connectivity index (χ1n) is 4.48. The van der Waals surface area contributed by atoms with Crippen LogP contribution in [0.4, 0.5) is 0 Å². The van der Waals surface area contributed by atoms with Gasteiger partial charge in [-0.25, -0.2) is 0 Å². The van der Waals surface area contributed by atoms with Gasteiger partial charge in [0, 0.05) is 17.8 Å². The first-order chi connectivity index (χ1) is 5.92. The van der Waals surface area contributed by atoms with Gasteiger partial charge in [0.05, 0.1) is 6.10 Å². The number of hydrogen-bond donors (Lipinski definition) is 0. The van der Waals surface area contributed by atoms with Crippen LogP contribution in [0.25, 0.3) is 0 Å². The van der Waals surface area contributed by atoms with Gasteiger partial charge in [0.1, 0.15) is 0 Å². The molecule has 0 aromatic heterocycles. The monoisotopic (exact) mass is 182 g/mol. The summed E-state index contributed by atoms with van der Waals surface area (Å²) in [5, 5.41) is 0. The van der Waals surface area contributed by atoms with Crippen molar-refractivity contribution in [3.8, 4) is 0 Å². The summed E-state index contributed by atoms with van der Waals surface area (Å²) in [5.74, 6) is 1.21. The van der Waals surface area contributed by atoms with Crippen molar-refractivity contribution in [3.63, 3.8) is 0 Å². The third-order valence-electron chi connectivity index (χ3n) is 2.41. The fourth-order valence-electron chi connectivity index (χ4n) is 1.78. The Morgan fingerprint density at radius 2 is 2.25 bits per heavy atom. The topological polar surface area (TPSA) is 9.23 Å². The number of hydrogen-bond acceptors (Lipinski definition) is 2. The summed E-state index contributed by atoms with van der Waals surface area (Å²) in [6, 6.07) is 0. The first-order valence-corrected chi connectivity index (χ1v) is 5.46. The van der Waals surface area contributed by atoms with Crippen molar-refractivity contribution in [3.05, 3.63) is 22.6 Å². The maximum atomic E-state index is 5.44. The number of rotatable bonds is 1. The van der Waals surface area contributed by atoms with E-state index in [1.165, 1.54) is 35.5 Å². The van der Waals surface area contributed by atoms with E-state index in [1.54, 1.807) is 0 Å². The van der Waals surface area contributed by atoms with E-state index in [9.17, 15) is 0 Å². The van der Waals surface area contributed by atoms with Gasteiger partial charge in [0.15, 0.2) is 0 Å². The second-order valence-electron chi connectivity index (χ2n) is 3.17. The molecule has 1 saturated heterocycles. The van der Waals surface area contributed by atoms with Gasteiger partial charge in [-0.15, -0.1) is 11.8 Å². The standard InChI is InChI=1S/C10H14OS/c1-11-9-6-7-12-10-5-3-2-4-8(9)10/h4-5,9H,2-3,6-7H2,1H3. The summed E-state index contributed by atoms with van der Waals surface area (Å²) in [6.07, 6.45) is 8.64. The summed E-state index contributed by atoms with van der Waals surface area (Å²) in [7, 11) is 1.81. The van der Waals surface area contributed by atoms with Crippen LogP contribution in [0.2, 0.25) is 0 Å². The highest BCUT2D eigenvalue weighted by molar-refractivity contribution is 8.03. The zero-order valence-corrected chi connectivity index (χ0v) is 8.19. The molecule has 66 valence electrons. The average molecular weight is 182 g/mol. The minimum Gasteiger partial charge on any atom is -0.377 e. The Bertz CT molecular complexity index is 230. The van der Waals surface area contributed by atoms with Crippen molar-refractivity contribution < 1.29 is 4.74 Å². The Morgan fingerprint density at radius 1 is 1.42 bits per heavy atom. The van der Waals surface area contributed by atoms with E-state index in [4.69, 9.17) is 4.74 Å². The van der Waals surface area contributed by atoms with Crippen LogP contribution in [0.3, 0.4) is 0 Å². The summed E-state index contributed by atoms with van der Waals surface area (Å²) >= 11 is 1.98. The highest BCUT2D eigenvalue weighted by Crippen LogP contribution is 2.38. The summed E-state index contributed by atoms with van der Waals surface area (Å²) in [5.41, 5.74) is 1.44. The lowest BCUT2D eigenvalue weighted by atomic mass is 10.00. The zero-order chi connectivity index (χ0) is 8.39. The molecule has 1 aliphatic carbocycles. The molecule has 0 aromatic carbocycles. The van der Waals surface area contributed by atoms with Crippen molar-refractivity contribution in [1.82, 2.24) is 0 Å². The van der Waals surface area contributed by atoms with Crippen LogP contribution >= 0.6 is 11.8 Å². The van der Waals surface area contributed by atoms with Crippen LogP contribution in [-0.2, 0) is 4.74 Å². The molecule has 0 aromatic rings. The van der Waals surface area contributed by atoms with Gasteiger partial charge in [0.25, 0.3) is 0 Å².